The van der Waals surface area contributed by atoms with Gasteiger partial charge in [-0.3, -0.25) is 9.59 Å². The van der Waals surface area contributed by atoms with E-state index in [1.165, 1.54) is 4.90 Å². The summed E-state index contributed by atoms with van der Waals surface area (Å²) in [7, 11) is 4.32. The maximum absolute atomic E-state index is 14.0. The van der Waals surface area contributed by atoms with Gasteiger partial charge in [0, 0.05) is 46.3 Å². The summed E-state index contributed by atoms with van der Waals surface area (Å²) in [4.78, 5) is 33.7. The fourth-order valence-electron chi connectivity index (χ4n) is 4.97. The number of aliphatic hydroxyl groups is 1. The van der Waals surface area contributed by atoms with Gasteiger partial charge in [-0.2, -0.15) is 13.2 Å². The number of piperidine rings is 1. The maximum atomic E-state index is 14.0. The Balaban J connectivity index is 1.62. The first-order valence-electron chi connectivity index (χ1n) is 13.3. The maximum Gasteiger partial charge on any atom is 0.573 e. The smallest absolute Gasteiger partial charge is 0.406 e. The van der Waals surface area contributed by atoms with Gasteiger partial charge in [0.05, 0.1) is 5.56 Å². The largest absolute Gasteiger partial charge is 0.573 e. The van der Waals surface area contributed by atoms with Crippen LogP contribution in [-0.2, 0) is 10.4 Å². The van der Waals surface area contributed by atoms with Crippen molar-refractivity contribution in [1.29, 1.82) is 0 Å². The molecule has 8 nitrogen and oxygen atoms in total. The Morgan fingerprint density at radius 2 is 1.70 bits per heavy atom. The molecule has 1 aromatic heterocycles. The topological polar surface area (TPSA) is 86.2 Å². The summed E-state index contributed by atoms with van der Waals surface area (Å²) < 4.78 is 83.6. The normalized spacial score (nSPS) is 16.8. The van der Waals surface area contributed by atoms with Gasteiger partial charge in [0.25, 0.3) is 17.4 Å². The van der Waals surface area contributed by atoms with E-state index in [9.17, 15) is 41.0 Å². The van der Waals surface area contributed by atoms with E-state index in [4.69, 9.17) is 11.6 Å². The van der Waals surface area contributed by atoms with Crippen LogP contribution in [0.25, 0.3) is 0 Å². The van der Waals surface area contributed by atoms with Crippen molar-refractivity contribution >= 4 is 29.2 Å². The van der Waals surface area contributed by atoms with Crippen LogP contribution in [0, 0.1) is 5.41 Å². The molecule has 0 saturated carbocycles. The predicted molar refractivity (Wildman–Crippen MR) is 147 cm³/mol. The van der Waals surface area contributed by atoms with Crippen LogP contribution in [0.4, 0.5) is 32.2 Å². The highest BCUT2D eigenvalue weighted by Gasteiger charge is 2.61. The average Bonchev–Trinajstić information content (AvgIpc) is 2.90. The molecule has 1 N–H and O–H groups in total. The van der Waals surface area contributed by atoms with Gasteiger partial charge in [-0.05, 0) is 55.4 Å². The van der Waals surface area contributed by atoms with Crippen molar-refractivity contribution in [1.82, 2.24) is 14.8 Å². The molecule has 1 fully saturated rings. The first kappa shape index (κ1) is 34.2. The number of pyridine rings is 1. The van der Waals surface area contributed by atoms with Gasteiger partial charge in [0.2, 0.25) is 0 Å². The molecule has 238 valence electrons. The molecule has 0 aliphatic carbocycles. The number of carbonyl (C=O) groups is 2. The molecule has 0 radical (unpaired) electrons. The monoisotopic (exact) mass is 638 g/mol. The molecule has 3 rings (SSSR count). The molecule has 1 atom stereocenters. The van der Waals surface area contributed by atoms with Crippen molar-refractivity contribution in [3.63, 3.8) is 0 Å². The quantitative estimate of drug-likeness (QED) is 0.283. The van der Waals surface area contributed by atoms with Gasteiger partial charge in [0.1, 0.15) is 16.7 Å². The van der Waals surface area contributed by atoms with Crippen LogP contribution in [0.5, 0.6) is 5.75 Å². The zero-order chi connectivity index (χ0) is 32.4. The Bertz CT molecular complexity index is 1310. The number of halogens is 7. The van der Waals surface area contributed by atoms with E-state index in [0.29, 0.717) is 56.7 Å². The van der Waals surface area contributed by atoms with Crippen LogP contribution < -0.4 is 9.64 Å². The van der Waals surface area contributed by atoms with Crippen molar-refractivity contribution in [3.8, 4) is 5.75 Å². The van der Waals surface area contributed by atoms with Gasteiger partial charge in [-0.25, -0.2) is 4.98 Å². The Hall–Kier alpha value is -3.26. The average molecular weight is 639 g/mol. The highest BCUT2D eigenvalue weighted by Crippen LogP contribution is 2.42. The molecule has 0 spiro atoms. The molecule has 1 aliphatic heterocycles. The number of nitrogens with zero attached hydrogens (tertiary/aromatic N) is 4. The highest BCUT2D eigenvalue weighted by atomic mass is 35.5. The molecule has 1 aromatic carbocycles. The number of anilines is 1. The summed E-state index contributed by atoms with van der Waals surface area (Å²) in [6.45, 7) is 3.12. The Kier molecular flexibility index (Phi) is 10.2. The van der Waals surface area contributed by atoms with Crippen molar-refractivity contribution < 1.29 is 45.8 Å². The van der Waals surface area contributed by atoms with E-state index < -0.39 is 35.4 Å². The fourth-order valence-corrected chi connectivity index (χ4v) is 5.20. The van der Waals surface area contributed by atoms with Crippen molar-refractivity contribution in [2.45, 2.75) is 50.7 Å². The van der Waals surface area contributed by atoms with E-state index in [-0.39, 0.29) is 28.6 Å². The second-order valence-corrected chi connectivity index (χ2v) is 11.5. The lowest BCUT2D eigenvalue weighted by Gasteiger charge is -2.40. The molecule has 2 heterocycles. The third kappa shape index (κ3) is 8.02. The standard InChI is InChI=1S/C28H33ClF6N4O4/c1-25(12-15-39(16-13-25)21-10-9-20(22(29)36-21)23(40)37(2)3)11-6-14-38(4)24(41)26(42,27(30,31)32)18-7-5-8-19(17-18)43-28(33,34)35/h5,7-10,17,42H,6,11-16H2,1-4H3/t26-/m1/s1. The lowest BCUT2D eigenvalue weighted by molar-refractivity contribution is -0.274. The minimum absolute atomic E-state index is 0.0932. The van der Waals surface area contributed by atoms with Crippen LogP contribution in [0.3, 0.4) is 0 Å². The van der Waals surface area contributed by atoms with Crippen molar-refractivity contribution in [2.75, 3.05) is 45.7 Å². The van der Waals surface area contributed by atoms with E-state index in [2.05, 4.69) is 9.72 Å². The molecule has 43 heavy (non-hydrogen) atoms. The van der Waals surface area contributed by atoms with Crippen molar-refractivity contribution in [2.24, 2.45) is 5.41 Å². The zero-order valence-electron chi connectivity index (χ0n) is 24.0. The molecule has 0 bridgehead atoms. The lowest BCUT2D eigenvalue weighted by Crippen LogP contribution is -2.55. The molecular weight excluding hydrogens is 606 g/mol. The van der Waals surface area contributed by atoms with E-state index >= 15 is 0 Å². The molecule has 2 amide bonds. The second kappa shape index (κ2) is 12.8. The van der Waals surface area contributed by atoms with Crippen LogP contribution >= 0.6 is 11.6 Å². The summed E-state index contributed by atoms with van der Waals surface area (Å²) >= 11 is 6.24. The molecule has 2 aromatic rings. The number of hydrogen-bond donors (Lipinski definition) is 1. The molecular formula is C28H33ClF6N4O4. The number of alkyl halides is 6. The number of carbonyl (C=O) groups excluding carboxylic acids is 2. The number of likely N-dealkylation sites (N-methyl/N-ethyl adjacent to an activating group) is 1. The van der Waals surface area contributed by atoms with Gasteiger partial charge < -0.3 is 24.5 Å². The van der Waals surface area contributed by atoms with Gasteiger partial charge in [0.15, 0.2) is 0 Å². The third-order valence-corrected chi connectivity index (χ3v) is 7.88. The Labute approximate surface area is 250 Å². The fraction of sp³-hybridized carbons (Fsp3) is 0.536. The number of ether oxygens (including phenoxy) is 1. The van der Waals surface area contributed by atoms with E-state index in [1.807, 2.05) is 11.8 Å². The zero-order valence-corrected chi connectivity index (χ0v) is 24.8. The highest BCUT2D eigenvalue weighted by molar-refractivity contribution is 6.32. The number of amides is 2. The van der Waals surface area contributed by atoms with Crippen molar-refractivity contribution in [3.05, 3.63) is 52.7 Å². The number of benzene rings is 1. The summed E-state index contributed by atoms with van der Waals surface area (Å²) in [6, 6.07) is 5.99. The molecule has 0 unspecified atom stereocenters. The Morgan fingerprint density at radius 1 is 1.07 bits per heavy atom. The van der Waals surface area contributed by atoms with Gasteiger partial charge in [-0.1, -0.05) is 30.7 Å². The first-order chi connectivity index (χ1) is 19.8. The molecule has 1 aliphatic rings. The molecule has 15 heteroatoms. The van der Waals surface area contributed by atoms with Crippen LogP contribution in [-0.4, -0.2) is 85.0 Å². The van der Waals surface area contributed by atoms with E-state index in [1.54, 1.807) is 26.2 Å². The Morgan fingerprint density at radius 3 is 2.23 bits per heavy atom. The number of rotatable bonds is 9. The minimum atomic E-state index is -5.52. The number of aromatic nitrogens is 1. The lowest BCUT2D eigenvalue weighted by atomic mass is 9.76. The third-order valence-electron chi connectivity index (χ3n) is 7.59. The van der Waals surface area contributed by atoms with Crippen LogP contribution in [0.2, 0.25) is 5.15 Å². The minimum Gasteiger partial charge on any atom is -0.406 e. The summed E-state index contributed by atoms with van der Waals surface area (Å²) in [5, 5.41) is 10.7. The SMILES string of the molecule is CN(C)C(=O)c1ccc(N2CCC(C)(CCCN(C)C(=O)[C@](O)(c3cccc(OC(F)(F)F)c3)C(F)(F)F)CC2)nc1Cl. The summed E-state index contributed by atoms with van der Waals surface area (Å²) in [6.07, 6.45) is -8.41. The summed E-state index contributed by atoms with van der Waals surface area (Å²) in [5.74, 6) is -2.37. The van der Waals surface area contributed by atoms with Crippen LogP contribution in [0.15, 0.2) is 36.4 Å². The van der Waals surface area contributed by atoms with Gasteiger partial charge >= 0.3 is 12.5 Å². The second-order valence-electron chi connectivity index (χ2n) is 11.1. The summed E-state index contributed by atoms with van der Waals surface area (Å²) in [5.41, 5.74) is -5.08. The molecule has 1 saturated heterocycles. The van der Waals surface area contributed by atoms with Crippen LogP contribution in [0.1, 0.15) is 48.5 Å². The van der Waals surface area contributed by atoms with Gasteiger partial charge in [-0.15, -0.1) is 13.2 Å². The predicted octanol–water partition coefficient (Wildman–Crippen LogP) is 5.63. The number of hydrogen-bond acceptors (Lipinski definition) is 6. The first-order valence-corrected chi connectivity index (χ1v) is 13.7. The van der Waals surface area contributed by atoms with E-state index in [0.717, 1.165) is 24.1 Å².